The molecule has 3 unspecified atom stereocenters. The Kier molecular flexibility index (Phi) is 4.61. The van der Waals surface area contributed by atoms with Crippen molar-refractivity contribution in [2.45, 2.75) is 23.0 Å². The van der Waals surface area contributed by atoms with Gasteiger partial charge in [0.1, 0.15) is 0 Å². The highest BCUT2D eigenvalue weighted by atomic mass is 32.2. The summed E-state index contributed by atoms with van der Waals surface area (Å²) in [6.07, 6.45) is 0. The molecule has 3 atom stereocenters. The Morgan fingerprint density at radius 2 is 1.89 bits per heavy atom. The molecular weight excluding hydrogens is 366 g/mol. The largest absolute Gasteiger partial charge is 0.454 e. The molecule has 0 bridgehead atoms. The molecule has 0 saturated heterocycles. The number of rotatable bonds is 7. The van der Waals surface area contributed by atoms with Crippen molar-refractivity contribution in [3.05, 3.63) is 54.1 Å². The van der Waals surface area contributed by atoms with Gasteiger partial charge in [-0.3, -0.25) is 0 Å². The molecule has 6 nitrogen and oxygen atoms in total. The second-order valence-electron chi connectivity index (χ2n) is 6.94. The lowest BCUT2D eigenvalue weighted by molar-refractivity contribution is 0.101. The molecule has 4 rings (SSSR count). The van der Waals surface area contributed by atoms with E-state index < -0.39 is 20.5 Å². The fourth-order valence-electron chi connectivity index (χ4n) is 4.08. The Hall–Kier alpha value is -2.09. The van der Waals surface area contributed by atoms with Gasteiger partial charge >= 0.3 is 0 Å². The Morgan fingerprint density at radius 3 is 2.59 bits per heavy atom. The summed E-state index contributed by atoms with van der Waals surface area (Å²) in [5.41, 5.74) is 6.34. The fraction of sp³-hybridized carbons (Fsp3) is 0.400. The van der Waals surface area contributed by atoms with Crippen LogP contribution in [0.2, 0.25) is 0 Å². The quantitative estimate of drug-likeness (QED) is 0.782. The first-order valence-corrected chi connectivity index (χ1v) is 10.6. The average molecular weight is 389 g/mol. The molecule has 144 valence electrons. The van der Waals surface area contributed by atoms with Gasteiger partial charge in [0.15, 0.2) is 21.3 Å². The third kappa shape index (κ3) is 2.90. The Balaban J connectivity index is 1.76. The minimum Gasteiger partial charge on any atom is -0.454 e. The highest BCUT2D eigenvalue weighted by Crippen LogP contribution is 2.64. The molecule has 1 aliphatic carbocycles. The number of fused-ring (bicyclic) bond motifs is 1. The Bertz CT molecular complexity index is 931. The summed E-state index contributed by atoms with van der Waals surface area (Å²) in [6, 6.07) is 14.1. The van der Waals surface area contributed by atoms with Crippen molar-refractivity contribution in [3.8, 4) is 11.5 Å². The summed E-state index contributed by atoms with van der Waals surface area (Å²) in [4.78, 5) is 0.313. The van der Waals surface area contributed by atoms with Crippen LogP contribution in [-0.2, 0) is 14.6 Å². The van der Waals surface area contributed by atoms with Crippen LogP contribution in [0.3, 0.4) is 0 Å². The van der Waals surface area contributed by atoms with E-state index in [1.54, 1.807) is 30.3 Å². The van der Waals surface area contributed by atoms with E-state index in [0.717, 1.165) is 5.56 Å². The smallest absolute Gasteiger partial charge is 0.231 e. The predicted octanol–water partition coefficient (Wildman–Crippen LogP) is 2.34. The van der Waals surface area contributed by atoms with Crippen molar-refractivity contribution in [3.63, 3.8) is 0 Å². The number of hydrogen-bond donors (Lipinski definition) is 1. The van der Waals surface area contributed by atoms with E-state index in [1.807, 2.05) is 25.1 Å². The zero-order valence-electron chi connectivity index (χ0n) is 15.1. The van der Waals surface area contributed by atoms with Gasteiger partial charge < -0.3 is 19.9 Å². The van der Waals surface area contributed by atoms with Gasteiger partial charge in [-0.05, 0) is 36.8 Å². The molecule has 27 heavy (non-hydrogen) atoms. The second kappa shape index (κ2) is 6.82. The van der Waals surface area contributed by atoms with Gasteiger partial charge in [-0.25, -0.2) is 8.42 Å². The summed E-state index contributed by atoms with van der Waals surface area (Å²) in [5.74, 6) is 1.05. The number of hydrogen-bond acceptors (Lipinski definition) is 6. The van der Waals surface area contributed by atoms with Crippen LogP contribution in [0.1, 0.15) is 18.4 Å². The van der Waals surface area contributed by atoms with Crippen molar-refractivity contribution in [2.75, 3.05) is 26.6 Å². The summed E-state index contributed by atoms with van der Waals surface area (Å²) in [5, 5.41) is -0.635. The highest BCUT2D eigenvalue weighted by Gasteiger charge is 2.70. The molecule has 2 aliphatic rings. The summed E-state index contributed by atoms with van der Waals surface area (Å²) < 4.78 is 43.3. The topological polar surface area (TPSA) is 87.8 Å². The molecule has 0 radical (unpaired) electrons. The summed E-state index contributed by atoms with van der Waals surface area (Å²) in [7, 11) is -3.56. The Labute approximate surface area is 159 Å². The van der Waals surface area contributed by atoms with Crippen LogP contribution >= 0.6 is 0 Å². The molecular formula is C20H23NO5S. The van der Waals surface area contributed by atoms with E-state index >= 15 is 0 Å². The predicted molar refractivity (Wildman–Crippen MR) is 101 cm³/mol. The van der Waals surface area contributed by atoms with Crippen molar-refractivity contribution in [1.29, 1.82) is 0 Å². The molecule has 1 heterocycles. The third-order valence-corrected chi connectivity index (χ3v) is 7.84. The molecule has 2 N–H and O–H groups in total. The van der Waals surface area contributed by atoms with E-state index in [-0.39, 0.29) is 19.3 Å². The van der Waals surface area contributed by atoms with Crippen LogP contribution in [0, 0.1) is 5.41 Å². The SMILES string of the molecule is CCOCC1(CN)C(c2ccc3c(c2)OCO3)C1S(=O)(=O)c1ccccc1. The minimum atomic E-state index is -3.56. The van der Waals surface area contributed by atoms with Gasteiger partial charge in [0.25, 0.3) is 0 Å². The number of ether oxygens (including phenoxy) is 3. The average Bonchev–Trinajstić information content (AvgIpc) is 3.15. The molecule has 0 spiro atoms. The van der Waals surface area contributed by atoms with Gasteiger partial charge in [-0.1, -0.05) is 24.3 Å². The molecule has 0 aromatic heterocycles. The molecule has 7 heteroatoms. The van der Waals surface area contributed by atoms with E-state index in [0.29, 0.717) is 29.6 Å². The first-order chi connectivity index (χ1) is 13.0. The van der Waals surface area contributed by atoms with E-state index in [9.17, 15) is 8.42 Å². The number of sulfone groups is 1. The van der Waals surface area contributed by atoms with E-state index in [2.05, 4.69) is 0 Å². The first kappa shape index (κ1) is 18.3. The zero-order valence-corrected chi connectivity index (χ0v) is 15.9. The zero-order chi connectivity index (χ0) is 19.1. The lowest BCUT2D eigenvalue weighted by Crippen LogP contribution is -2.29. The molecule has 2 aromatic rings. The van der Waals surface area contributed by atoms with Crippen LogP contribution in [0.15, 0.2) is 53.4 Å². The molecule has 0 amide bonds. The van der Waals surface area contributed by atoms with E-state index in [4.69, 9.17) is 19.9 Å². The third-order valence-electron chi connectivity index (χ3n) is 5.50. The lowest BCUT2D eigenvalue weighted by atomic mass is 9.99. The summed E-state index contributed by atoms with van der Waals surface area (Å²) >= 11 is 0. The van der Waals surface area contributed by atoms with Crippen molar-refractivity contribution in [2.24, 2.45) is 11.1 Å². The number of nitrogens with two attached hydrogens (primary N) is 1. The second-order valence-corrected chi connectivity index (χ2v) is 9.01. The van der Waals surface area contributed by atoms with Gasteiger partial charge in [0.05, 0.1) is 16.8 Å². The molecule has 1 aliphatic heterocycles. The maximum atomic E-state index is 13.4. The van der Waals surface area contributed by atoms with Gasteiger partial charge in [0.2, 0.25) is 6.79 Å². The van der Waals surface area contributed by atoms with Gasteiger partial charge in [-0.15, -0.1) is 0 Å². The molecule has 2 aromatic carbocycles. The van der Waals surface area contributed by atoms with E-state index in [1.165, 1.54) is 0 Å². The van der Waals surface area contributed by atoms with Crippen LogP contribution < -0.4 is 15.2 Å². The fourth-order valence-corrected chi connectivity index (χ4v) is 6.54. The standard InChI is InChI=1S/C20H23NO5S/c1-2-24-12-20(11-21)18(14-8-9-16-17(10-14)26-13-25-16)19(20)27(22,23)15-6-4-3-5-7-15/h3-10,18-19H,2,11-13,21H2,1H3. The molecule has 1 fully saturated rings. The maximum Gasteiger partial charge on any atom is 0.231 e. The maximum absolute atomic E-state index is 13.4. The van der Waals surface area contributed by atoms with Crippen LogP contribution in [0.5, 0.6) is 11.5 Å². The first-order valence-electron chi connectivity index (χ1n) is 9.01. The van der Waals surface area contributed by atoms with Gasteiger partial charge in [-0.2, -0.15) is 0 Å². The molecule has 1 saturated carbocycles. The number of benzene rings is 2. The van der Waals surface area contributed by atoms with Crippen molar-refractivity contribution < 1.29 is 22.6 Å². The lowest BCUT2D eigenvalue weighted by Gasteiger charge is -2.16. The summed E-state index contributed by atoms with van der Waals surface area (Å²) in [6.45, 7) is 3.10. The van der Waals surface area contributed by atoms with Crippen molar-refractivity contribution in [1.82, 2.24) is 0 Å². The Morgan fingerprint density at radius 1 is 1.15 bits per heavy atom. The van der Waals surface area contributed by atoms with Crippen LogP contribution in [0.25, 0.3) is 0 Å². The normalized spacial score (nSPS) is 26.1. The minimum absolute atomic E-state index is 0.177. The van der Waals surface area contributed by atoms with Gasteiger partial charge in [0, 0.05) is 24.5 Å². The van der Waals surface area contributed by atoms with Crippen molar-refractivity contribution >= 4 is 9.84 Å². The van der Waals surface area contributed by atoms with Crippen LogP contribution in [0.4, 0.5) is 0 Å². The highest BCUT2D eigenvalue weighted by molar-refractivity contribution is 7.92. The monoisotopic (exact) mass is 389 g/mol. The van der Waals surface area contributed by atoms with Crippen LogP contribution in [-0.4, -0.2) is 40.2 Å².